The Hall–Kier alpha value is -0.730. The Bertz CT molecular complexity index is 354. The number of rotatable bonds is 3. The van der Waals surface area contributed by atoms with Crippen LogP contribution in [0.5, 0.6) is 5.75 Å². The third-order valence-electron chi connectivity index (χ3n) is 2.90. The second kappa shape index (κ2) is 5.55. The topological polar surface area (TPSA) is 21.3 Å². The van der Waals surface area contributed by atoms with Crippen LogP contribution >= 0.6 is 11.6 Å². The molecule has 16 heavy (non-hydrogen) atoms. The number of benzene rings is 1. The van der Waals surface area contributed by atoms with Crippen molar-refractivity contribution in [1.29, 1.82) is 0 Å². The number of halogens is 1. The minimum absolute atomic E-state index is 0.385. The molecule has 1 unspecified atom stereocenters. The summed E-state index contributed by atoms with van der Waals surface area (Å²) in [5.74, 6) is 0.871. The summed E-state index contributed by atoms with van der Waals surface area (Å²) in [6.07, 6.45) is 3.34. The van der Waals surface area contributed by atoms with Crippen molar-refractivity contribution in [3.63, 3.8) is 0 Å². The van der Waals surface area contributed by atoms with Gasteiger partial charge in [0.2, 0.25) is 0 Å². The molecule has 1 aromatic carbocycles. The van der Waals surface area contributed by atoms with E-state index in [4.69, 9.17) is 16.3 Å². The molecule has 1 aromatic rings. The average molecular weight is 240 g/mol. The maximum atomic E-state index is 6.16. The number of hydrogen-bond donors (Lipinski definition) is 1. The lowest BCUT2D eigenvalue weighted by Gasteiger charge is -2.18. The summed E-state index contributed by atoms with van der Waals surface area (Å²) in [5, 5.41) is 4.28. The molecule has 0 fully saturated rings. The normalized spacial score (nSPS) is 19.8. The average Bonchev–Trinajstić information content (AvgIpc) is 2.50. The summed E-state index contributed by atoms with van der Waals surface area (Å²) in [6, 6.07) is 6.38. The van der Waals surface area contributed by atoms with E-state index in [1.54, 1.807) is 0 Å². The Balaban J connectivity index is 2.26. The Morgan fingerprint density at radius 2 is 2.38 bits per heavy atom. The summed E-state index contributed by atoms with van der Waals surface area (Å²) in [5.41, 5.74) is 1.21. The molecule has 1 aliphatic heterocycles. The van der Waals surface area contributed by atoms with Crippen LogP contribution in [0.4, 0.5) is 0 Å². The van der Waals surface area contributed by atoms with Crippen LogP contribution in [-0.4, -0.2) is 13.2 Å². The molecule has 0 saturated heterocycles. The minimum Gasteiger partial charge on any atom is -0.492 e. The van der Waals surface area contributed by atoms with Gasteiger partial charge in [0.05, 0.1) is 11.6 Å². The fourth-order valence-electron chi connectivity index (χ4n) is 2.10. The molecule has 2 nitrogen and oxygen atoms in total. The zero-order valence-corrected chi connectivity index (χ0v) is 10.4. The lowest BCUT2D eigenvalue weighted by molar-refractivity contribution is 0.315. The van der Waals surface area contributed by atoms with Gasteiger partial charge in [0, 0.05) is 11.6 Å². The second-order valence-corrected chi connectivity index (χ2v) is 4.56. The molecule has 1 heterocycles. The maximum absolute atomic E-state index is 6.16. The number of fused-ring (bicyclic) bond motifs is 1. The van der Waals surface area contributed by atoms with Crippen molar-refractivity contribution in [1.82, 2.24) is 5.32 Å². The molecule has 0 aromatic heterocycles. The zero-order chi connectivity index (χ0) is 11.4. The second-order valence-electron chi connectivity index (χ2n) is 4.16. The van der Waals surface area contributed by atoms with Crippen LogP contribution in [0.3, 0.4) is 0 Å². The molecule has 88 valence electrons. The van der Waals surface area contributed by atoms with Crippen LogP contribution < -0.4 is 10.1 Å². The lowest BCUT2D eigenvalue weighted by atomic mass is 10.0. The lowest BCUT2D eigenvalue weighted by Crippen LogP contribution is -2.21. The third kappa shape index (κ3) is 2.50. The first-order chi connectivity index (χ1) is 7.83. The fourth-order valence-corrected chi connectivity index (χ4v) is 2.34. The predicted molar refractivity (Wildman–Crippen MR) is 67.2 cm³/mol. The van der Waals surface area contributed by atoms with Crippen LogP contribution in [0.15, 0.2) is 18.2 Å². The van der Waals surface area contributed by atoms with Crippen LogP contribution in [0.25, 0.3) is 0 Å². The predicted octanol–water partition coefficient (Wildman–Crippen LogP) is 3.55. The molecule has 1 aliphatic rings. The molecule has 2 rings (SSSR count). The van der Waals surface area contributed by atoms with Crippen molar-refractivity contribution in [2.75, 3.05) is 13.2 Å². The van der Waals surface area contributed by atoms with Gasteiger partial charge in [0.15, 0.2) is 0 Å². The van der Waals surface area contributed by atoms with E-state index in [1.807, 2.05) is 12.1 Å². The Kier molecular flexibility index (Phi) is 4.08. The summed E-state index contributed by atoms with van der Waals surface area (Å²) < 4.78 is 5.72. The van der Waals surface area contributed by atoms with Crippen LogP contribution in [0.2, 0.25) is 5.02 Å². The molecular weight excluding hydrogens is 222 g/mol. The van der Waals surface area contributed by atoms with Gasteiger partial charge >= 0.3 is 0 Å². The molecule has 0 spiro atoms. The Morgan fingerprint density at radius 3 is 3.19 bits per heavy atom. The molecule has 0 bridgehead atoms. The van der Waals surface area contributed by atoms with Gasteiger partial charge in [-0.25, -0.2) is 0 Å². The largest absolute Gasteiger partial charge is 0.492 e. The summed E-state index contributed by atoms with van der Waals surface area (Å²) in [4.78, 5) is 0. The first-order valence-corrected chi connectivity index (χ1v) is 6.35. The van der Waals surface area contributed by atoms with Crippen LogP contribution in [0.1, 0.15) is 37.8 Å². The monoisotopic (exact) mass is 239 g/mol. The van der Waals surface area contributed by atoms with Gasteiger partial charge in [-0.1, -0.05) is 30.7 Å². The number of hydrogen-bond acceptors (Lipinski definition) is 2. The Morgan fingerprint density at radius 1 is 1.50 bits per heavy atom. The highest BCUT2D eigenvalue weighted by Crippen LogP contribution is 2.36. The van der Waals surface area contributed by atoms with Crippen LogP contribution in [-0.2, 0) is 0 Å². The van der Waals surface area contributed by atoms with Crippen molar-refractivity contribution in [3.8, 4) is 5.75 Å². The number of nitrogens with one attached hydrogen (secondary N) is 1. The quantitative estimate of drug-likeness (QED) is 0.871. The van der Waals surface area contributed by atoms with Gasteiger partial charge in [0.25, 0.3) is 0 Å². The molecule has 0 amide bonds. The van der Waals surface area contributed by atoms with Gasteiger partial charge in [-0.2, -0.15) is 0 Å². The van der Waals surface area contributed by atoms with Crippen molar-refractivity contribution < 1.29 is 4.74 Å². The molecule has 1 atom stereocenters. The first kappa shape index (κ1) is 11.7. The van der Waals surface area contributed by atoms with E-state index in [0.29, 0.717) is 6.04 Å². The Labute approximate surface area is 102 Å². The van der Waals surface area contributed by atoms with E-state index in [9.17, 15) is 0 Å². The standard InChI is InChI=1S/C13H18ClNO/c1-2-8-15-12-7-4-9-16-13-10(12)5-3-6-11(13)14/h3,5-6,12,15H,2,4,7-9H2,1H3. The van der Waals surface area contributed by atoms with Crippen molar-refractivity contribution in [3.05, 3.63) is 28.8 Å². The zero-order valence-electron chi connectivity index (χ0n) is 9.63. The molecule has 1 N–H and O–H groups in total. The van der Waals surface area contributed by atoms with Gasteiger partial charge in [-0.15, -0.1) is 0 Å². The third-order valence-corrected chi connectivity index (χ3v) is 3.19. The van der Waals surface area contributed by atoms with E-state index in [1.165, 1.54) is 5.56 Å². The summed E-state index contributed by atoms with van der Waals surface area (Å²) in [7, 11) is 0. The van der Waals surface area contributed by atoms with Gasteiger partial charge in [0.1, 0.15) is 5.75 Å². The van der Waals surface area contributed by atoms with Crippen molar-refractivity contribution in [2.45, 2.75) is 32.2 Å². The van der Waals surface area contributed by atoms with E-state index in [2.05, 4.69) is 18.3 Å². The van der Waals surface area contributed by atoms with Crippen molar-refractivity contribution in [2.24, 2.45) is 0 Å². The van der Waals surface area contributed by atoms with Gasteiger partial charge < -0.3 is 10.1 Å². The first-order valence-electron chi connectivity index (χ1n) is 5.97. The summed E-state index contributed by atoms with van der Waals surface area (Å²) >= 11 is 6.16. The van der Waals surface area contributed by atoms with E-state index in [-0.39, 0.29) is 0 Å². The summed E-state index contributed by atoms with van der Waals surface area (Å²) in [6.45, 7) is 3.98. The van der Waals surface area contributed by atoms with Gasteiger partial charge in [-0.3, -0.25) is 0 Å². The smallest absolute Gasteiger partial charge is 0.142 e. The highest BCUT2D eigenvalue weighted by molar-refractivity contribution is 6.32. The number of para-hydroxylation sites is 1. The highest BCUT2D eigenvalue weighted by atomic mass is 35.5. The molecule has 0 saturated carbocycles. The molecule has 0 aliphatic carbocycles. The minimum atomic E-state index is 0.385. The number of ether oxygens (including phenoxy) is 1. The fraction of sp³-hybridized carbons (Fsp3) is 0.538. The molecule has 0 radical (unpaired) electrons. The molecule has 3 heteroatoms. The van der Waals surface area contributed by atoms with E-state index < -0.39 is 0 Å². The molecular formula is C13H18ClNO. The highest BCUT2D eigenvalue weighted by Gasteiger charge is 2.20. The van der Waals surface area contributed by atoms with Crippen molar-refractivity contribution >= 4 is 11.6 Å². The van der Waals surface area contributed by atoms with Gasteiger partial charge in [-0.05, 0) is 31.9 Å². The van der Waals surface area contributed by atoms with Crippen LogP contribution in [0, 0.1) is 0 Å². The maximum Gasteiger partial charge on any atom is 0.142 e. The van der Waals surface area contributed by atoms with E-state index in [0.717, 1.165) is 43.2 Å². The van der Waals surface area contributed by atoms with E-state index >= 15 is 0 Å². The SMILES string of the molecule is CCCNC1CCCOc2c(Cl)cccc21.